The molecule has 0 amide bonds. The molecule has 0 aliphatic rings. The third-order valence-electron chi connectivity index (χ3n) is 1.97. The van der Waals surface area contributed by atoms with Crippen molar-refractivity contribution in [3.05, 3.63) is 56.0 Å². The Morgan fingerprint density at radius 1 is 1.05 bits per heavy atom. The second-order valence-corrected chi connectivity index (χ2v) is 3.36. The summed E-state index contributed by atoms with van der Waals surface area (Å²) in [4.78, 5) is 28.6. The van der Waals surface area contributed by atoms with Gasteiger partial charge in [-0.05, 0) is 12.1 Å². The predicted molar refractivity (Wildman–Crippen MR) is 63.6 cm³/mol. The Hall–Kier alpha value is -3.21. The molecule has 0 saturated carbocycles. The second-order valence-electron chi connectivity index (χ2n) is 3.36. The van der Waals surface area contributed by atoms with Crippen molar-refractivity contribution < 1.29 is 33.7 Å². The lowest BCUT2D eigenvalue weighted by Crippen LogP contribution is -1.92. The molecule has 0 spiro atoms. The van der Waals surface area contributed by atoms with Crippen LogP contribution in [0.15, 0.2) is 33.1 Å². The molecule has 112 valence electrons. The monoisotopic (exact) mass is 300 g/mol. The molecule has 0 saturated heterocycles. The molecule has 0 atom stereocenters. The number of carbonyl (C=O) groups is 1. The highest BCUT2D eigenvalue weighted by atomic mass is 16.7. The van der Waals surface area contributed by atoms with Gasteiger partial charge in [-0.2, -0.15) is 0 Å². The van der Waals surface area contributed by atoms with Crippen LogP contribution >= 0.6 is 0 Å². The molecule has 11 heteroatoms. The van der Waals surface area contributed by atoms with Crippen LogP contribution in [0.4, 0.5) is 11.8 Å². The van der Waals surface area contributed by atoms with E-state index in [4.69, 9.17) is 10.2 Å². The van der Waals surface area contributed by atoms with E-state index in [1.807, 2.05) is 0 Å². The average Bonchev–Trinajstić information content (AvgIpc) is 3.08. The highest BCUT2D eigenvalue weighted by Gasteiger charge is 2.15. The number of aromatic carboxylic acids is 1. The third-order valence-corrected chi connectivity index (χ3v) is 1.97. The maximum absolute atomic E-state index is 10.1. The van der Waals surface area contributed by atoms with Gasteiger partial charge >= 0.3 is 17.7 Å². The molecule has 0 unspecified atom stereocenters. The highest BCUT2D eigenvalue weighted by Crippen LogP contribution is 2.15. The Morgan fingerprint density at radius 3 is 1.86 bits per heavy atom. The summed E-state index contributed by atoms with van der Waals surface area (Å²) in [5, 5.41) is 36.6. The minimum Gasteiger partial charge on any atom is -0.475 e. The van der Waals surface area contributed by atoms with E-state index in [0.29, 0.717) is 0 Å². The van der Waals surface area contributed by atoms with Crippen LogP contribution in [-0.2, 0) is 6.61 Å². The van der Waals surface area contributed by atoms with Gasteiger partial charge in [-0.15, -0.1) is 0 Å². The van der Waals surface area contributed by atoms with Crippen molar-refractivity contribution in [3.8, 4) is 0 Å². The van der Waals surface area contributed by atoms with Crippen LogP contribution in [0, 0.1) is 20.2 Å². The summed E-state index contributed by atoms with van der Waals surface area (Å²) in [6, 6.07) is 4.58. The maximum atomic E-state index is 10.1. The lowest BCUT2D eigenvalue weighted by Gasteiger charge is -1.83. The summed E-state index contributed by atoms with van der Waals surface area (Å²) >= 11 is 0. The number of aliphatic hydroxyl groups is 1. The minimum absolute atomic E-state index is 0.201. The molecule has 21 heavy (non-hydrogen) atoms. The number of furan rings is 2. The summed E-state index contributed by atoms with van der Waals surface area (Å²) in [7, 11) is 0. The number of nitrogens with zero attached hydrogens (tertiary/aromatic N) is 2. The summed E-state index contributed by atoms with van der Waals surface area (Å²) in [5.74, 6) is -2.46. The van der Waals surface area contributed by atoms with Crippen LogP contribution in [0.3, 0.4) is 0 Å². The van der Waals surface area contributed by atoms with Gasteiger partial charge in [0.15, 0.2) is 0 Å². The van der Waals surface area contributed by atoms with Crippen molar-refractivity contribution in [1.82, 2.24) is 0 Å². The Bertz CT molecular complexity index is 629. The Kier molecular flexibility index (Phi) is 5.14. The van der Waals surface area contributed by atoms with Crippen LogP contribution < -0.4 is 0 Å². The Labute approximate surface area is 115 Å². The van der Waals surface area contributed by atoms with E-state index in [1.165, 1.54) is 12.1 Å². The number of nitro groups is 2. The van der Waals surface area contributed by atoms with Crippen molar-refractivity contribution >= 4 is 17.7 Å². The van der Waals surface area contributed by atoms with Gasteiger partial charge in [0.1, 0.15) is 22.2 Å². The fourth-order valence-electron chi connectivity index (χ4n) is 1.09. The first-order chi connectivity index (χ1) is 9.85. The standard InChI is InChI=1S/C5H3NO5.C5H5NO4/c7-5(8)3-1-2-4(11-3)6(9)10;7-3-4-1-2-5(10-4)6(8)9/h1-2H,(H,7,8);1-2,7H,3H2. The first-order valence-electron chi connectivity index (χ1n) is 5.16. The van der Waals surface area contributed by atoms with E-state index in [9.17, 15) is 25.0 Å². The number of hydrogen-bond donors (Lipinski definition) is 2. The molecule has 2 N–H and O–H groups in total. The lowest BCUT2D eigenvalue weighted by atomic mass is 10.5. The Balaban J connectivity index is 0.000000211. The zero-order chi connectivity index (χ0) is 16.0. The van der Waals surface area contributed by atoms with Crippen LogP contribution in [0.2, 0.25) is 0 Å². The largest absolute Gasteiger partial charge is 0.475 e. The molecule has 2 rings (SSSR count). The van der Waals surface area contributed by atoms with Gasteiger partial charge < -0.3 is 19.0 Å². The van der Waals surface area contributed by atoms with Crippen molar-refractivity contribution in [2.75, 3.05) is 0 Å². The first kappa shape index (κ1) is 15.8. The number of hydrogen-bond acceptors (Lipinski definition) is 8. The quantitative estimate of drug-likeness (QED) is 0.627. The van der Waals surface area contributed by atoms with Crippen LogP contribution in [0.1, 0.15) is 16.3 Å². The smallest absolute Gasteiger partial charge is 0.433 e. The molecule has 2 aromatic rings. The van der Waals surface area contributed by atoms with Gasteiger partial charge in [0, 0.05) is 0 Å². The van der Waals surface area contributed by atoms with E-state index < -0.39 is 27.5 Å². The van der Waals surface area contributed by atoms with E-state index in [0.717, 1.165) is 12.1 Å². The van der Waals surface area contributed by atoms with Crippen LogP contribution in [0.5, 0.6) is 0 Å². The van der Waals surface area contributed by atoms with Gasteiger partial charge in [0.25, 0.3) is 0 Å². The van der Waals surface area contributed by atoms with Gasteiger partial charge in [0.05, 0.1) is 12.1 Å². The molecule has 2 heterocycles. The molecule has 0 aliphatic heterocycles. The van der Waals surface area contributed by atoms with Crippen LogP contribution in [-0.4, -0.2) is 26.0 Å². The molecule has 2 aromatic heterocycles. The highest BCUT2D eigenvalue weighted by molar-refractivity contribution is 5.84. The lowest BCUT2D eigenvalue weighted by molar-refractivity contribution is -0.402. The number of carboxylic acids is 1. The van der Waals surface area contributed by atoms with Gasteiger partial charge in [0.2, 0.25) is 5.76 Å². The third kappa shape index (κ3) is 4.43. The molecular formula is C10H8N2O9. The van der Waals surface area contributed by atoms with Crippen molar-refractivity contribution in [3.63, 3.8) is 0 Å². The number of carboxylic acid groups (broad SMARTS) is 1. The SMILES string of the molecule is O=C(O)c1ccc([N+](=O)[O-])o1.O=[N+]([O-])c1ccc(CO)o1. The molecule has 0 aliphatic carbocycles. The van der Waals surface area contributed by atoms with Gasteiger partial charge in [-0.25, -0.2) is 4.79 Å². The second kappa shape index (κ2) is 6.81. The first-order valence-corrected chi connectivity index (χ1v) is 5.16. The fourth-order valence-corrected chi connectivity index (χ4v) is 1.09. The zero-order valence-corrected chi connectivity index (χ0v) is 10.2. The van der Waals surface area contributed by atoms with Gasteiger partial charge in [-0.3, -0.25) is 20.2 Å². The van der Waals surface area contributed by atoms with E-state index >= 15 is 0 Å². The Morgan fingerprint density at radius 2 is 1.57 bits per heavy atom. The number of aliphatic hydroxyl groups excluding tert-OH is 1. The fraction of sp³-hybridized carbons (Fsp3) is 0.100. The summed E-state index contributed by atoms with van der Waals surface area (Å²) in [6.45, 7) is -0.312. The summed E-state index contributed by atoms with van der Waals surface area (Å²) in [6.07, 6.45) is 0. The van der Waals surface area contributed by atoms with Crippen molar-refractivity contribution in [2.45, 2.75) is 6.61 Å². The van der Waals surface area contributed by atoms with E-state index in [-0.39, 0.29) is 18.3 Å². The number of rotatable bonds is 4. The van der Waals surface area contributed by atoms with Crippen LogP contribution in [0.25, 0.3) is 0 Å². The van der Waals surface area contributed by atoms with Crippen molar-refractivity contribution in [2.24, 2.45) is 0 Å². The van der Waals surface area contributed by atoms with Gasteiger partial charge in [-0.1, -0.05) is 0 Å². The zero-order valence-electron chi connectivity index (χ0n) is 10.2. The maximum Gasteiger partial charge on any atom is 0.433 e. The average molecular weight is 300 g/mol. The molecule has 0 fully saturated rings. The molecule has 11 nitrogen and oxygen atoms in total. The molecule has 0 bridgehead atoms. The minimum atomic E-state index is -1.32. The summed E-state index contributed by atoms with van der Waals surface area (Å²) < 4.78 is 8.85. The molecule has 0 aromatic carbocycles. The van der Waals surface area contributed by atoms with Crippen molar-refractivity contribution in [1.29, 1.82) is 0 Å². The normalized spacial score (nSPS) is 9.57. The van der Waals surface area contributed by atoms with E-state index in [2.05, 4.69) is 8.83 Å². The predicted octanol–water partition coefficient (Wildman–Crippen LogP) is 1.57. The molecular weight excluding hydrogens is 292 g/mol. The topological polar surface area (TPSA) is 170 Å². The molecule has 0 radical (unpaired) electrons. The van der Waals surface area contributed by atoms with E-state index in [1.54, 1.807) is 0 Å². The summed E-state index contributed by atoms with van der Waals surface area (Å²) in [5.41, 5.74) is 0.